The number of amides is 3. The molecular weight excluding hydrogens is 392 g/mol. The number of aliphatic imine (C=N–C) groups is 1. The van der Waals surface area contributed by atoms with E-state index >= 15 is 0 Å². The average molecular weight is 412 g/mol. The first-order valence-electron chi connectivity index (χ1n) is 8.18. The number of hydrogen-bond donors (Lipinski definition) is 3. The van der Waals surface area contributed by atoms with Crippen LogP contribution in [-0.4, -0.2) is 65.1 Å². The Bertz CT molecular complexity index is 898. The predicted octanol–water partition coefficient (Wildman–Crippen LogP) is -0.871. The molecule has 0 fully saturated rings. The van der Waals surface area contributed by atoms with Crippen LogP contribution in [0, 0.1) is 0 Å². The Morgan fingerprint density at radius 2 is 1.96 bits per heavy atom. The number of fused-ring (bicyclic) bond motifs is 1. The molecular formula is C16H20N4O7S. The lowest BCUT2D eigenvalue weighted by Crippen LogP contribution is -2.42. The number of imide groups is 1. The number of sulfonamides is 1. The van der Waals surface area contributed by atoms with Gasteiger partial charge in [0.1, 0.15) is 11.9 Å². The average Bonchev–Trinajstić information content (AvgIpc) is 2.90. The molecule has 12 heteroatoms. The molecule has 0 radical (unpaired) electrons. The number of carbonyl (C=O) groups is 3. The van der Waals surface area contributed by atoms with E-state index in [-0.39, 0.29) is 23.9 Å². The predicted molar refractivity (Wildman–Crippen MR) is 97.1 cm³/mol. The molecule has 1 aliphatic heterocycles. The minimum atomic E-state index is -3.73. The lowest BCUT2D eigenvalue weighted by Gasteiger charge is -2.09. The van der Waals surface area contributed by atoms with Gasteiger partial charge in [-0.1, -0.05) is 12.1 Å². The second-order valence-electron chi connectivity index (χ2n) is 5.66. The Hall–Kier alpha value is -2.99. The third-order valence-electron chi connectivity index (χ3n) is 3.52. The summed E-state index contributed by atoms with van der Waals surface area (Å²) >= 11 is 0. The summed E-state index contributed by atoms with van der Waals surface area (Å²) in [4.78, 5) is 39.1. The molecule has 2 rings (SSSR count). The molecule has 152 valence electrons. The number of urea groups is 1. The molecule has 0 spiro atoms. The van der Waals surface area contributed by atoms with Crippen LogP contribution >= 0.6 is 0 Å². The zero-order valence-corrected chi connectivity index (χ0v) is 16.0. The summed E-state index contributed by atoms with van der Waals surface area (Å²) in [6.07, 6.45) is 0. The molecule has 3 amide bonds. The van der Waals surface area contributed by atoms with E-state index in [0.717, 1.165) is 0 Å². The number of amidine groups is 1. The summed E-state index contributed by atoms with van der Waals surface area (Å²) in [5, 5.41) is 4.35. The van der Waals surface area contributed by atoms with Crippen molar-refractivity contribution in [3.63, 3.8) is 0 Å². The summed E-state index contributed by atoms with van der Waals surface area (Å²) in [5.74, 6) is -1.66. The Labute approximate surface area is 161 Å². The zero-order valence-electron chi connectivity index (χ0n) is 15.2. The van der Waals surface area contributed by atoms with Gasteiger partial charge >= 0.3 is 12.0 Å². The normalized spacial score (nSPS) is 16.6. The van der Waals surface area contributed by atoms with Crippen molar-refractivity contribution in [2.75, 3.05) is 26.9 Å². The molecule has 28 heavy (non-hydrogen) atoms. The number of benzene rings is 1. The number of esters is 1. The van der Waals surface area contributed by atoms with Crippen LogP contribution in [0.4, 0.5) is 4.79 Å². The summed E-state index contributed by atoms with van der Waals surface area (Å²) in [5.41, 5.74) is 0.340. The quantitative estimate of drug-likeness (QED) is 0.389. The molecule has 11 nitrogen and oxygen atoms in total. The summed E-state index contributed by atoms with van der Waals surface area (Å²) in [6.45, 7) is 1.19. The van der Waals surface area contributed by atoms with Crippen LogP contribution in [0.2, 0.25) is 0 Å². The number of methoxy groups -OCH3 is 1. The van der Waals surface area contributed by atoms with Gasteiger partial charge in [-0.2, -0.15) is 0 Å². The molecule has 3 N–H and O–H groups in total. The van der Waals surface area contributed by atoms with Gasteiger partial charge < -0.3 is 14.8 Å². The van der Waals surface area contributed by atoms with E-state index in [1.165, 1.54) is 20.1 Å². The Balaban J connectivity index is 1.89. The van der Waals surface area contributed by atoms with Crippen molar-refractivity contribution in [1.82, 2.24) is 15.4 Å². The van der Waals surface area contributed by atoms with E-state index in [9.17, 15) is 22.8 Å². The highest BCUT2D eigenvalue weighted by molar-refractivity contribution is 7.90. The van der Waals surface area contributed by atoms with Crippen molar-refractivity contribution in [1.29, 1.82) is 0 Å². The van der Waals surface area contributed by atoms with Gasteiger partial charge in [0.05, 0.1) is 11.5 Å². The number of nitrogens with one attached hydrogen (secondary N) is 3. The second kappa shape index (κ2) is 9.28. The van der Waals surface area contributed by atoms with Crippen LogP contribution in [-0.2, 0) is 29.1 Å². The molecule has 1 heterocycles. The molecule has 0 saturated carbocycles. The Kier molecular flexibility index (Phi) is 7.06. The number of rotatable bonds is 7. The van der Waals surface area contributed by atoms with Gasteiger partial charge in [0.15, 0.2) is 6.61 Å². The van der Waals surface area contributed by atoms with E-state index in [4.69, 9.17) is 9.47 Å². The number of ether oxygens (including phenoxy) is 2. The molecule has 0 saturated heterocycles. The molecule has 1 aromatic carbocycles. The highest BCUT2D eigenvalue weighted by Gasteiger charge is 2.31. The fraction of sp³-hybridized carbons (Fsp3) is 0.375. The van der Waals surface area contributed by atoms with Crippen molar-refractivity contribution < 1.29 is 32.3 Å². The summed E-state index contributed by atoms with van der Waals surface area (Å²) in [7, 11) is -2.26. The van der Waals surface area contributed by atoms with E-state index in [2.05, 4.69) is 15.0 Å². The van der Waals surface area contributed by atoms with Crippen molar-refractivity contribution >= 4 is 33.8 Å². The highest BCUT2D eigenvalue weighted by Crippen LogP contribution is 2.22. The van der Waals surface area contributed by atoms with Crippen molar-refractivity contribution in [3.05, 3.63) is 29.8 Å². The van der Waals surface area contributed by atoms with Gasteiger partial charge in [-0.15, -0.1) is 0 Å². The van der Waals surface area contributed by atoms with E-state index in [1.54, 1.807) is 18.2 Å². The third-order valence-corrected chi connectivity index (χ3v) is 4.91. The molecule has 1 aromatic rings. The first-order valence-corrected chi connectivity index (χ1v) is 9.66. The third kappa shape index (κ3) is 5.50. The monoisotopic (exact) mass is 412 g/mol. The first kappa shape index (κ1) is 21.3. The largest absolute Gasteiger partial charge is 0.454 e. The Morgan fingerprint density at radius 1 is 1.25 bits per heavy atom. The molecule has 1 atom stereocenters. The van der Waals surface area contributed by atoms with Gasteiger partial charge in [0, 0.05) is 19.2 Å². The zero-order chi connectivity index (χ0) is 20.7. The van der Waals surface area contributed by atoms with Crippen molar-refractivity contribution in [2.45, 2.75) is 17.9 Å². The minimum absolute atomic E-state index is 0.0158. The maximum absolute atomic E-state index is 12.0. The van der Waals surface area contributed by atoms with Crippen LogP contribution in [0.25, 0.3) is 0 Å². The van der Waals surface area contributed by atoms with Gasteiger partial charge in [-0.25, -0.2) is 18.0 Å². The smallest absolute Gasteiger partial charge is 0.331 e. The SMILES string of the molecule is COCCNC(=O)NC(=O)COC(=O)[C@H](C)N=C1NS(=O)(=O)c2ccccc21. The maximum atomic E-state index is 12.0. The first-order chi connectivity index (χ1) is 13.2. The number of nitrogens with zero attached hydrogens (tertiary/aromatic N) is 1. The van der Waals surface area contributed by atoms with Crippen LogP contribution in [0.15, 0.2) is 34.2 Å². The van der Waals surface area contributed by atoms with Crippen LogP contribution in [0.3, 0.4) is 0 Å². The fourth-order valence-corrected chi connectivity index (χ4v) is 3.45. The van der Waals surface area contributed by atoms with E-state index < -0.39 is 40.6 Å². The molecule has 1 aliphatic rings. The van der Waals surface area contributed by atoms with Gasteiger partial charge in [0.2, 0.25) is 0 Å². The van der Waals surface area contributed by atoms with Gasteiger partial charge in [0.25, 0.3) is 15.9 Å². The van der Waals surface area contributed by atoms with Crippen LogP contribution in [0.5, 0.6) is 0 Å². The van der Waals surface area contributed by atoms with Crippen molar-refractivity contribution in [2.24, 2.45) is 4.99 Å². The number of carbonyl (C=O) groups excluding carboxylic acids is 3. The number of hydrogen-bond acceptors (Lipinski definition) is 8. The molecule has 0 aliphatic carbocycles. The maximum Gasteiger partial charge on any atom is 0.331 e. The van der Waals surface area contributed by atoms with Gasteiger partial charge in [-0.3, -0.25) is 19.8 Å². The lowest BCUT2D eigenvalue weighted by atomic mass is 10.2. The minimum Gasteiger partial charge on any atom is -0.454 e. The molecule has 0 bridgehead atoms. The van der Waals surface area contributed by atoms with E-state index in [1.807, 2.05) is 5.32 Å². The van der Waals surface area contributed by atoms with E-state index in [0.29, 0.717) is 5.56 Å². The summed E-state index contributed by atoms with van der Waals surface area (Å²) in [6, 6.07) is 4.37. The molecule has 0 aromatic heterocycles. The fourth-order valence-electron chi connectivity index (χ4n) is 2.21. The second-order valence-corrected chi connectivity index (χ2v) is 7.31. The molecule has 0 unspecified atom stereocenters. The van der Waals surface area contributed by atoms with Crippen LogP contribution < -0.4 is 15.4 Å². The van der Waals surface area contributed by atoms with Crippen LogP contribution in [0.1, 0.15) is 12.5 Å². The summed E-state index contributed by atoms with van der Waals surface area (Å²) < 4.78 is 35.9. The standard InChI is InChI=1S/C16H20N4O7S/c1-10(15(22)27-9-13(21)19-16(23)17-7-8-26-2)18-14-11-5-3-4-6-12(11)28(24,25)20-14/h3-6,10H,7-9H2,1-2H3,(H,18,20)(H2,17,19,21,23)/t10-/m0/s1. The lowest BCUT2D eigenvalue weighted by molar-refractivity contribution is -0.149. The topological polar surface area (TPSA) is 152 Å². The Morgan fingerprint density at radius 3 is 2.68 bits per heavy atom. The highest BCUT2D eigenvalue weighted by atomic mass is 32.2. The van der Waals surface area contributed by atoms with Crippen molar-refractivity contribution in [3.8, 4) is 0 Å². The van der Waals surface area contributed by atoms with Gasteiger partial charge in [-0.05, 0) is 19.1 Å².